The second kappa shape index (κ2) is 7.39. The van der Waals surface area contributed by atoms with Crippen LogP contribution in [0.1, 0.15) is 31.4 Å². The topological polar surface area (TPSA) is 112 Å². The number of carbonyl (C=O) groups excluding carboxylic acids is 2. The van der Waals surface area contributed by atoms with Gasteiger partial charge in [-0.05, 0) is 25.0 Å². The maximum atomic E-state index is 11.6. The Labute approximate surface area is 126 Å². The van der Waals surface area contributed by atoms with E-state index in [0.717, 1.165) is 31.8 Å². The molecule has 1 saturated carbocycles. The van der Waals surface area contributed by atoms with Crippen molar-refractivity contribution in [1.82, 2.24) is 5.32 Å². The number of ether oxygens (including phenoxy) is 1. The van der Waals surface area contributed by atoms with Gasteiger partial charge in [0.15, 0.2) is 6.61 Å². The first-order chi connectivity index (χ1) is 10.5. The summed E-state index contributed by atoms with van der Waals surface area (Å²) < 4.78 is 9.61. The maximum absolute atomic E-state index is 11.6. The molecule has 1 N–H and O–H groups in total. The normalized spacial score (nSPS) is 15.1. The largest absolute Gasteiger partial charge is 0.452 e. The Hall–Kier alpha value is -2.64. The Morgan fingerprint density at radius 3 is 2.77 bits per heavy atom. The lowest BCUT2D eigenvalue weighted by atomic mass is 10.2. The molecule has 0 radical (unpaired) electrons. The van der Waals surface area contributed by atoms with E-state index in [1.807, 2.05) is 0 Å². The zero-order valence-electron chi connectivity index (χ0n) is 11.8. The number of nitrogens with zero attached hydrogens (tertiary/aromatic N) is 1. The average molecular weight is 308 g/mol. The summed E-state index contributed by atoms with van der Waals surface area (Å²) in [6, 6.07) is 2.71. The molecule has 0 aliphatic heterocycles. The highest BCUT2D eigenvalue weighted by atomic mass is 16.6. The maximum Gasteiger partial charge on any atom is 0.433 e. The van der Waals surface area contributed by atoms with Crippen molar-refractivity contribution in [2.24, 2.45) is 0 Å². The van der Waals surface area contributed by atoms with E-state index in [1.165, 1.54) is 18.2 Å². The van der Waals surface area contributed by atoms with Crippen LogP contribution >= 0.6 is 0 Å². The Bertz CT molecular complexity index is 586. The van der Waals surface area contributed by atoms with Crippen LogP contribution in [0.15, 0.2) is 22.6 Å². The van der Waals surface area contributed by atoms with Crippen molar-refractivity contribution < 1.29 is 23.7 Å². The minimum Gasteiger partial charge on any atom is -0.452 e. The van der Waals surface area contributed by atoms with Gasteiger partial charge in [-0.2, -0.15) is 0 Å². The summed E-state index contributed by atoms with van der Waals surface area (Å²) in [5.74, 6) is -1.31. The van der Waals surface area contributed by atoms with Gasteiger partial charge >= 0.3 is 11.9 Å². The first-order valence-corrected chi connectivity index (χ1v) is 6.93. The number of hydrogen-bond acceptors (Lipinski definition) is 6. The van der Waals surface area contributed by atoms with Gasteiger partial charge in [-0.15, -0.1) is 0 Å². The van der Waals surface area contributed by atoms with Crippen LogP contribution in [-0.4, -0.2) is 29.4 Å². The quantitative estimate of drug-likeness (QED) is 0.371. The molecule has 1 aliphatic rings. The van der Waals surface area contributed by atoms with Crippen molar-refractivity contribution in [3.8, 4) is 0 Å². The molecule has 0 aromatic carbocycles. The van der Waals surface area contributed by atoms with Crippen molar-refractivity contribution in [3.63, 3.8) is 0 Å². The zero-order chi connectivity index (χ0) is 15.9. The predicted molar refractivity (Wildman–Crippen MR) is 75.8 cm³/mol. The van der Waals surface area contributed by atoms with Gasteiger partial charge in [0, 0.05) is 12.1 Å². The molecule has 1 heterocycles. The Balaban J connectivity index is 1.73. The van der Waals surface area contributed by atoms with Gasteiger partial charge in [0.2, 0.25) is 0 Å². The second-order valence-electron chi connectivity index (χ2n) is 4.92. The molecular formula is C14H16N2O6. The Morgan fingerprint density at radius 1 is 1.41 bits per heavy atom. The number of nitrogens with one attached hydrogen (secondary N) is 1. The van der Waals surface area contributed by atoms with Crippen molar-refractivity contribution in [2.75, 3.05) is 6.61 Å². The first kappa shape index (κ1) is 15.7. The SMILES string of the molecule is O=C(COC(=O)/C=C/c1ccc([N+](=O)[O-])o1)NC1CCCC1. The summed E-state index contributed by atoms with van der Waals surface area (Å²) >= 11 is 0. The van der Waals surface area contributed by atoms with Gasteiger partial charge in [0.1, 0.15) is 10.7 Å². The molecule has 0 saturated heterocycles. The van der Waals surface area contributed by atoms with E-state index in [2.05, 4.69) is 5.32 Å². The molecule has 1 amide bonds. The fraction of sp³-hybridized carbons (Fsp3) is 0.429. The van der Waals surface area contributed by atoms with Gasteiger partial charge in [-0.1, -0.05) is 12.8 Å². The van der Waals surface area contributed by atoms with Gasteiger partial charge in [0.25, 0.3) is 5.91 Å². The first-order valence-electron chi connectivity index (χ1n) is 6.93. The highest BCUT2D eigenvalue weighted by Gasteiger charge is 2.17. The van der Waals surface area contributed by atoms with E-state index in [0.29, 0.717) is 0 Å². The van der Waals surface area contributed by atoms with E-state index in [4.69, 9.17) is 9.15 Å². The van der Waals surface area contributed by atoms with E-state index >= 15 is 0 Å². The average Bonchev–Trinajstić information content (AvgIpc) is 3.14. The molecule has 0 unspecified atom stereocenters. The number of hydrogen-bond donors (Lipinski definition) is 1. The second-order valence-corrected chi connectivity index (χ2v) is 4.92. The van der Waals surface area contributed by atoms with Crippen LogP contribution in [0.25, 0.3) is 6.08 Å². The highest BCUT2D eigenvalue weighted by Crippen LogP contribution is 2.17. The summed E-state index contributed by atoms with van der Waals surface area (Å²) in [4.78, 5) is 32.7. The number of esters is 1. The van der Waals surface area contributed by atoms with E-state index in [-0.39, 0.29) is 24.3 Å². The number of carbonyl (C=O) groups is 2. The molecule has 8 nitrogen and oxygen atoms in total. The molecule has 1 aliphatic carbocycles. The number of amides is 1. The third-order valence-corrected chi connectivity index (χ3v) is 3.24. The lowest BCUT2D eigenvalue weighted by Gasteiger charge is -2.11. The van der Waals surface area contributed by atoms with Crippen LogP contribution in [0.2, 0.25) is 0 Å². The van der Waals surface area contributed by atoms with Crippen molar-refractivity contribution in [1.29, 1.82) is 0 Å². The van der Waals surface area contributed by atoms with Gasteiger partial charge in [-0.3, -0.25) is 14.9 Å². The Morgan fingerprint density at radius 2 is 2.14 bits per heavy atom. The highest BCUT2D eigenvalue weighted by molar-refractivity contribution is 5.89. The fourth-order valence-electron chi connectivity index (χ4n) is 2.20. The number of nitro groups is 1. The van der Waals surface area contributed by atoms with Crippen LogP contribution in [0, 0.1) is 10.1 Å². The smallest absolute Gasteiger partial charge is 0.433 e. The zero-order valence-corrected chi connectivity index (χ0v) is 11.8. The lowest BCUT2D eigenvalue weighted by molar-refractivity contribution is -0.402. The number of furan rings is 1. The molecule has 118 valence electrons. The molecule has 0 spiro atoms. The minimum atomic E-state index is -0.722. The van der Waals surface area contributed by atoms with Crippen LogP contribution in [0.4, 0.5) is 5.88 Å². The standard InChI is InChI=1S/C14H16N2O6/c17-12(15-10-3-1-2-4-10)9-21-14(18)8-6-11-5-7-13(22-11)16(19)20/h5-8,10H,1-4,9H2,(H,15,17)/b8-6+. The van der Waals surface area contributed by atoms with Gasteiger partial charge in [-0.25, -0.2) is 4.79 Å². The molecule has 1 fully saturated rings. The molecule has 0 bridgehead atoms. The van der Waals surface area contributed by atoms with Crippen LogP contribution in [0.3, 0.4) is 0 Å². The molecule has 8 heteroatoms. The number of rotatable bonds is 6. The van der Waals surface area contributed by atoms with E-state index in [1.54, 1.807) is 0 Å². The van der Waals surface area contributed by atoms with Crippen LogP contribution in [-0.2, 0) is 14.3 Å². The summed E-state index contributed by atoms with van der Waals surface area (Å²) in [6.45, 7) is -0.349. The summed E-state index contributed by atoms with van der Waals surface area (Å²) in [5.41, 5.74) is 0. The minimum absolute atomic E-state index is 0.152. The summed E-state index contributed by atoms with van der Waals surface area (Å²) in [6.07, 6.45) is 6.40. The van der Waals surface area contributed by atoms with Crippen molar-refractivity contribution in [2.45, 2.75) is 31.7 Å². The van der Waals surface area contributed by atoms with Crippen LogP contribution in [0.5, 0.6) is 0 Å². The third kappa shape index (κ3) is 4.72. The molecular weight excluding hydrogens is 292 g/mol. The monoisotopic (exact) mass is 308 g/mol. The molecule has 1 aromatic rings. The van der Waals surface area contributed by atoms with Crippen LogP contribution < -0.4 is 5.32 Å². The van der Waals surface area contributed by atoms with E-state index in [9.17, 15) is 19.7 Å². The van der Waals surface area contributed by atoms with Crippen molar-refractivity contribution in [3.05, 3.63) is 34.1 Å². The molecule has 0 atom stereocenters. The summed E-state index contributed by atoms with van der Waals surface area (Å²) in [7, 11) is 0. The molecule has 2 rings (SSSR count). The van der Waals surface area contributed by atoms with Gasteiger partial charge in [0.05, 0.1) is 6.07 Å². The summed E-state index contributed by atoms with van der Waals surface area (Å²) in [5, 5.41) is 13.2. The fourth-order valence-corrected chi connectivity index (χ4v) is 2.20. The lowest BCUT2D eigenvalue weighted by Crippen LogP contribution is -2.35. The predicted octanol–water partition coefficient (Wildman–Crippen LogP) is 1.80. The molecule has 22 heavy (non-hydrogen) atoms. The van der Waals surface area contributed by atoms with E-state index < -0.39 is 16.8 Å². The van der Waals surface area contributed by atoms with Gasteiger partial charge < -0.3 is 14.5 Å². The molecule has 1 aromatic heterocycles. The third-order valence-electron chi connectivity index (χ3n) is 3.24. The Kier molecular flexibility index (Phi) is 5.29. The van der Waals surface area contributed by atoms with Crippen molar-refractivity contribution >= 4 is 23.8 Å².